The van der Waals surface area contributed by atoms with Crippen LogP contribution in [0.3, 0.4) is 0 Å². The van der Waals surface area contributed by atoms with Crippen LogP contribution in [0, 0.1) is 0 Å². The van der Waals surface area contributed by atoms with Gasteiger partial charge < -0.3 is 20.1 Å². The van der Waals surface area contributed by atoms with E-state index in [1.165, 1.54) is 36.5 Å². The van der Waals surface area contributed by atoms with E-state index in [1.54, 1.807) is 38.1 Å². The molecule has 0 aliphatic carbocycles. The maximum Gasteiger partial charge on any atom is 0.338 e. The number of carbonyl (C=O) groups excluding carboxylic acids is 3. The van der Waals surface area contributed by atoms with E-state index in [4.69, 9.17) is 9.47 Å². The molecule has 2 aromatic rings. The minimum atomic E-state index is -3.89. The number of sulfonamides is 1. The molecule has 0 fully saturated rings. The van der Waals surface area contributed by atoms with Crippen molar-refractivity contribution >= 4 is 39.2 Å². The van der Waals surface area contributed by atoms with Crippen LogP contribution in [0.4, 0.5) is 11.4 Å². The number of ether oxygens (including phenoxy) is 2. The number of amides is 2. The molecule has 2 rings (SSSR count). The van der Waals surface area contributed by atoms with E-state index in [1.807, 2.05) is 0 Å². The van der Waals surface area contributed by atoms with Gasteiger partial charge in [-0.1, -0.05) is 13.8 Å². The number of esters is 1. The van der Waals surface area contributed by atoms with Crippen LogP contribution in [0.1, 0.15) is 31.1 Å². The number of nitrogens with one attached hydrogen (secondary N) is 2. The maximum atomic E-state index is 12.9. The highest BCUT2D eigenvalue weighted by atomic mass is 32.2. The second kappa shape index (κ2) is 11.4. The van der Waals surface area contributed by atoms with Crippen molar-refractivity contribution in [3.8, 4) is 5.75 Å². The topological polar surface area (TPSA) is 131 Å². The average molecular weight is 478 g/mol. The summed E-state index contributed by atoms with van der Waals surface area (Å²) in [7, 11) is -2.55. The first-order valence-electron chi connectivity index (χ1n) is 10.1. The number of benzene rings is 2. The fourth-order valence-corrected chi connectivity index (χ4v) is 4.60. The van der Waals surface area contributed by atoms with Crippen molar-refractivity contribution in [3.05, 3.63) is 48.0 Å². The van der Waals surface area contributed by atoms with E-state index in [2.05, 4.69) is 10.6 Å². The molecular formula is C22H27N3O7S. The van der Waals surface area contributed by atoms with Crippen molar-refractivity contribution < 1.29 is 32.3 Å². The molecule has 2 aromatic carbocycles. The highest BCUT2D eigenvalue weighted by molar-refractivity contribution is 7.89. The van der Waals surface area contributed by atoms with E-state index >= 15 is 0 Å². The van der Waals surface area contributed by atoms with E-state index in [-0.39, 0.29) is 35.2 Å². The van der Waals surface area contributed by atoms with Gasteiger partial charge in [-0.25, -0.2) is 13.2 Å². The summed E-state index contributed by atoms with van der Waals surface area (Å²) >= 11 is 0. The first kappa shape index (κ1) is 25.8. The fourth-order valence-electron chi connectivity index (χ4n) is 2.96. The van der Waals surface area contributed by atoms with Gasteiger partial charge in [-0.05, 0) is 42.5 Å². The van der Waals surface area contributed by atoms with Crippen LogP contribution < -0.4 is 15.4 Å². The molecule has 0 spiro atoms. The van der Waals surface area contributed by atoms with Crippen LogP contribution in [0.15, 0.2) is 47.4 Å². The summed E-state index contributed by atoms with van der Waals surface area (Å²) in [6.45, 7) is 4.73. The summed E-state index contributed by atoms with van der Waals surface area (Å²) in [6, 6.07) is 10.3. The molecule has 10 nitrogen and oxygen atoms in total. The van der Waals surface area contributed by atoms with Gasteiger partial charge in [-0.15, -0.1) is 0 Å². The number of methoxy groups -OCH3 is 1. The predicted molar refractivity (Wildman–Crippen MR) is 123 cm³/mol. The Morgan fingerprint density at radius 2 is 1.52 bits per heavy atom. The van der Waals surface area contributed by atoms with Crippen LogP contribution in [0.5, 0.6) is 5.75 Å². The Hall–Kier alpha value is -3.44. The Morgan fingerprint density at radius 3 is 2.03 bits per heavy atom. The zero-order valence-electron chi connectivity index (χ0n) is 18.9. The van der Waals surface area contributed by atoms with Crippen LogP contribution in [0.2, 0.25) is 0 Å². The van der Waals surface area contributed by atoms with Crippen LogP contribution >= 0.6 is 0 Å². The van der Waals surface area contributed by atoms with Crippen molar-refractivity contribution in [2.24, 2.45) is 0 Å². The summed E-state index contributed by atoms with van der Waals surface area (Å²) in [4.78, 5) is 35.5. The normalized spacial score (nSPS) is 11.1. The van der Waals surface area contributed by atoms with Gasteiger partial charge in [-0.2, -0.15) is 4.31 Å². The molecular weight excluding hydrogens is 450 g/mol. The highest BCUT2D eigenvalue weighted by Crippen LogP contribution is 2.28. The zero-order chi connectivity index (χ0) is 24.6. The molecule has 0 saturated heterocycles. The molecule has 0 atom stereocenters. The average Bonchev–Trinajstić information content (AvgIpc) is 2.78. The van der Waals surface area contributed by atoms with Crippen molar-refractivity contribution in [2.45, 2.75) is 25.7 Å². The second-order valence-electron chi connectivity index (χ2n) is 6.84. The van der Waals surface area contributed by atoms with Gasteiger partial charge in [0, 0.05) is 31.4 Å². The molecule has 11 heteroatoms. The van der Waals surface area contributed by atoms with Gasteiger partial charge in [0.1, 0.15) is 10.6 Å². The summed E-state index contributed by atoms with van der Waals surface area (Å²) in [5, 5.41) is 5.17. The van der Waals surface area contributed by atoms with E-state index < -0.39 is 28.5 Å². The van der Waals surface area contributed by atoms with E-state index in [0.717, 1.165) is 0 Å². The molecule has 0 radical (unpaired) electrons. The molecule has 0 aliphatic rings. The lowest BCUT2D eigenvalue weighted by Gasteiger charge is -2.20. The number of nitrogens with zero attached hydrogens (tertiary/aromatic N) is 1. The Morgan fingerprint density at radius 1 is 0.939 bits per heavy atom. The van der Waals surface area contributed by atoms with E-state index in [9.17, 15) is 22.8 Å². The summed E-state index contributed by atoms with van der Waals surface area (Å²) in [5.41, 5.74) is 0.984. The molecule has 0 unspecified atom stereocenters. The van der Waals surface area contributed by atoms with Crippen molar-refractivity contribution in [1.82, 2.24) is 4.31 Å². The lowest BCUT2D eigenvalue weighted by atomic mass is 10.2. The smallest absolute Gasteiger partial charge is 0.338 e. The fraction of sp³-hybridized carbons (Fsp3) is 0.318. The summed E-state index contributed by atoms with van der Waals surface area (Å²) in [6.07, 6.45) is 0. The monoisotopic (exact) mass is 477 g/mol. The third kappa shape index (κ3) is 6.77. The Labute approximate surface area is 192 Å². The maximum absolute atomic E-state index is 12.9. The second-order valence-corrected chi connectivity index (χ2v) is 8.74. The minimum absolute atomic E-state index is 0.0333. The molecule has 2 amide bonds. The third-order valence-corrected chi connectivity index (χ3v) is 6.62. The molecule has 2 N–H and O–H groups in total. The Kier molecular flexibility index (Phi) is 8.94. The number of hydrogen-bond donors (Lipinski definition) is 2. The number of carbonyl (C=O) groups is 3. The van der Waals surface area contributed by atoms with Gasteiger partial charge in [0.05, 0.1) is 12.7 Å². The number of rotatable bonds is 10. The predicted octanol–water partition coefficient (Wildman–Crippen LogP) is 2.48. The lowest BCUT2D eigenvalue weighted by Crippen LogP contribution is -2.31. The van der Waals surface area contributed by atoms with Gasteiger partial charge in [-0.3, -0.25) is 9.59 Å². The SMILES string of the molecule is CCN(CC)S(=O)(=O)c1cc(C(=O)OCC(=O)Nc2ccc(NC(C)=O)cc2)ccc1OC. The quantitative estimate of drug-likeness (QED) is 0.503. The lowest BCUT2D eigenvalue weighted by molar-refractivity contribution is -0.119. The number of anilines is 2. The van der Waals surface area contributed by atoms with Crippen LogP contribution in [-0.4, -0.2) is 57.3 Å². The van der Waals surface area contributed by atoms with Crippen molar-refractivity contribution in [1.29, 1.82) is 0 Å². The first-order valence-corrected chi connectivity index (χ1v) is 11.6. The number of hydrogen-bond acceptors (Lipinski definition) is 7. The molecule has 0 bridgehead atoms. The van der Waals surface area contributed by atoms with Gasteiger partial charge in [0.15, 0.2) is 6.61 Å². The largest absolute Gasteiger partial charge is 0.495 e. The Balaban J connectivity index is 2.08. The molecule has 33 heavy (non-hydrogen) atoms. The summed E-state index contributed by atoms with van der Waals surface area (Å²) < 4.78 is 37.2. The van der Waals surface area contributed by atoms with Crippen molar-refractivity contribution in [3.63, 3.8) is 0 Å². The third-order valence-electron chi connectivity index (χ3n) is 4.55. The van der Waals surface area contributed by atoms with Gasteiger partial charge in [0.2, 0.25) is 15.9 Å². The molecule has 0 saturated carbocycles. The van der Waals surface area contributed by atoms with Crippen molar-refractivity contribution in [2.75, 3.05) is 37.4 Å². The minimum Gasteiger partial charge on any atom is -0.495 e. The zero-order valence-corrected chi connectivity index (χ0v) is 19.7. The molecule has 178 valence electrons. The van der Waals surface area contributed by atoms with E-state index in [0.29, 0.717) is 11.4 Å². The molecule has 0 aromatic heterocycles. The summed E-state index contributed by atoms with van der Waals surface area (Å²) in [5.74, 6) is -1.56. The molecule has 0 aliphatic heterocycles. The van der Waals surface area contributed by atoms with Gasteiger partial charge >= 0.3 is 5.97 Å². The van der Waals surface area contributed by atoms with Crippen LogP contribution in [-0.2, 0) is 24.3 Å². The Bertz CT molecular complexity index is 1110. The van der Waals surface area contributed by atoms with Gasteiger partial charge in [0.25, 0.3) is 5.91 Å². The van der Waals surface area contributed by atoms with Crippen LogP contribution in [0.25, 0.3) is 0 Å². The molecule has 0 heterocycles. The highest BCUT2D eigenvalue weighted by Gasteiger charge is 2.27. The standard InChI is InChI=1S/C22H27N3O7S/c1-5-25(6-2)33(29,30)20-13-16(7-12-19(20)31-4)22(28)32-14-21(27)24-18-10-8-17(9-11-18)23-15(3)26/h7-13H,5-6,14H2,1-4H3,(H,23,26)(H,24,27). The first-order chi connectivity index (χ1) is 15.6.